The van der Waals surface area contributed by atoms with Gasteiger partial charge >= 0.3 is 5.97 Å². The maximum atomic E-state index is 11.4. The van der Waals surface area contributed by atoms with E-state index in [9.17, 15) is 4.79 Å². The molecule has 0 aromatic rings. The Labute approximate surface area is 148 Å². The van der Waals surface area contributed by atoms with Crippen LogP contribution in [-0.2, 0) is 9.53 Å². The monoisotopic (exact) mass is 332 g/mol. The van der Waals surface area contributed by atoms with Crippen LogP contribution in [0.1, 0.15) is 85.5 Å². The lowest BCUT2D eigenvalue weighted by Gasteiger charge is -2.64. The van der Waals surface area contributed by atoms with Crippen molar-refractivity contribution in [3.8, 4) is 0 Å². The van der Waals surface area contributed by atoms with Crippen molar-refractivity contribution in [1.29, 1.82) is 0 Å². The van der Waals surface area contributed by atoms with Gasteiger partial charge in [-0.3, -0.25) is 4.79 Å². The van der Waals surface area contributed by atoms with Gasteiger partial charge in [0.05, 0.1) is 6.61 Å². The molecule has 0 radical (unpaired) electrons. The lowest BCUT2D eigenvalue weighted by Crippen LogP contribution is -2.57. The summed E-state index contributed by atoms with van der Waals surface area (Å²) in [5.74, 6) is 3.51. The van der Waals surface area contributed by atoms with Crippen LogP contribution in [0, 0.1) is 39.9 Å². The molecule has 7 atom stereocenters. The smallest absolute Gasteiger partial charge is 0.302 e. The number of fused-ring (bicyclic) bond motifs is 3. The minimum absolute atomic E-state index is 0.110. The highest BCUT2D eigenvalue weighted by Crippen LogP contribution is 2.72. The van der Waals surface area contributed by atoms with E-state index in [1.165, 1.54) is 57.8 Å². The molecule has 0 amide bonds. The molecule has 2 nitrogen and oxygen atoms in total. The van der Waals surface area contributed by atoms with Gasteiger partial charge in [-0.25, -0.2) is 0 Å². The van der Waals surface area contributed by atoms with E-state index in [-0.39, 0.29) is 11.4 Å². The summed E-state index contributed by atoms with van der Waals surface area (Å²) in [5, 5.41) is 0. The van der Waals surface area contributed by atoms with Gasteiger partial charge in [-0.1, -0.05) is 27.2 Å². The summed E-state index contributed by atoms with van der Waals surface area (Å²) in [6.07, 6.45) is 12.7. The predicted octanol–water partition coefficient (Wildman–Crippen LogP) is 5.60. The van der Waals surface area contributed by atoms with Crippen LogP contribution in [0.15, 0.2) is 0 Å². The zero-order chi connectivity index (χ0) is 17.2. The van der Waals surface area contributed by atoms with Crippen molar-refractivity contribution in [2.24, 2.45) is 39.9 Å². The van der Waals surface area contributed by atoms with Crippen molar-refractivity contribution >= 4 is 5.97 Å². The molecule has 136 valence electrons. The summed E-state index contributed by atoms with van der Waals surface area (Å²) < 4.78 is 5.55. The lowest BCUT2D eigenvalue weighted by molar-refractivity contribution is -0.172. The Bertz CT molecular complexity index is 524. The summed E-state index contributed by atoms with van der Waals surface area (Å²) in [6, 6.07) is 0. The summed E-state index contributed by atoms with van der Waals surface area (Å²) in [4.78, 5) is 11.4. The molecule has 0 heterocycles. The van der Waals surface area contributed by atoms with Crippen molar-refractivity contribution in [2.45, 2.75) is 85.5 Å². The van der Waals surface area contributed by atoms with Crippen LogP contribution in [0.2, 0.25) is 0 Å². The van der Waals surface area contributed by atoms with Gasteiger partial charge in [0.15, 0.2) is 0 Å². The Kier molecular flexibility index (Phi) is 3.86. The maximum Gasteiger partial charge on any atom is 0.302 e. The molecular weight excluding hydrogens is 296 g/mol. The Morgan fingerprint density at radius 3 is 2.58 bits per heavy atom. The van der Waals surface area contributed by atoms with Gasteiger partial charge in [0, 0.05) is 12.3 Å². The van der Waals surface area contributed by atoms with Gasteiger partial charge in [0.2, 0.25) is 0 Å². The Balaban J connectivity index is 1.63. The highest BCUT2D eigenvalue weighted by Gasteiger charge is 2.64. The fourth-order valence-corrected chi connectivity index (χ4v) is 8.36. The molecular formula is C22H36O2. The molecule has 4 aliphatic rings. The number of carbonyl (C=O) groups excluding carboxylic acids is 1. The molecule has 4 rings (SSSR count). The molecule has 2 heteroatoms. The van der Waals surface area contributed by atoms with Crippen LogP contribution in [0.3, 0.4) is 0 Å². The third-order valence-corrected chi connectivity index (χ3v) is 9.20. The largest absolute Gasteiger partial charge is 0.465 e. The van der Waals surface area contributed by atoms with Crippen LogP contribution in [0.5, 0.6) is 0 Å². The van der Waals surface area contributed by atoms with Crippen LogP contribution >= 0.6 is 0 Å². The van der Waals surface area contributed by atoms with E-state index in [1.54, 1.807) is 6.92 Å². The Morgan fingerprint density at radius 1 is 1.04 bits per heavy atom. The molecule has 24 heavy (non-hydrogen) atoms. The van der Waals surface area contributed by atoms with Gasteiger partial charge < -0.3 is 4.74 Å². The van der Waals surface area contributed by atoms with Gasteiger partial charge in [-0.15, -0.1) is 0 Å². The van der Waals surface area contributed by atoms with Crippen LogP contribution in [-0.4, -0.2) is 12.6 Å². The fraction of sp³-hybridized carbons (Fsp3) is 0.955. The van der Waals surface area contributed by atoms with Crippen LogP contribution in [0.4, 0.5) is 0 Å². The number of ether oxygens (including phenoxy) is 1. The molecule has 4 saturated carbocycles. The topological polar surface area (TPSA) is 26.3 Å². The molecule has 0 unspecified atom stereocenters. The first kappa shape index (κ1) is 16.9. The normalized spacial score (nSPS) is 53.2. The Morgan fingerprint density at radius 2 is 1.83 bits per heavy atom. The second-order valence-electron chi connectivity index (χ2n) is 10.5. The van der Waals surface area contributed by atoms with Crippen molar-refractivity contribution in [3.05, 3.63) is 0 Å². The van der Waals surface area contributed by atoms with Gasteiger partial charge in [0.1, 0.15) is 0 Å². The first-order valence-corrected chi connectivity index (χ1v) is 10.4. The van der Waals surface area contributed by atoms with Crippen molar-refractivity contribution in [2.75, 3.05) is 6.61 Å². The molecule has 4 fully saturated rings. The van der Waals surface area contributed by atoms with Crippen molar-refractivity contribution < 1.29 is 9.53 Å². The number of hydrogen-bond acceptors (Lipinski definition) is 2. The van der Waals surface area contributed by atoms with Crippen molar-refractivity contribution in [1.82, 2.24) is 0 Å². The Hall–Kier alpha value is -0.530. The number of hydrogen-bond donors (Lipinski definition) is 0. The highest BCUT2D eigenvalue weighted by molar-refractivity contribution is 5.65. The van der Waals surface area contributed by atoms with Crippen molar-refractivity contribution in [3.63, 3.8) is 0 Å². The maximum absolute atomic E-state index is 11.4. The zero-order valence-corrected chi connectivity index (χ0v) is 16.2. The SMILES string of the molecule is CC(=O)OC[C@]1(C)CCC[C@@]2(C)[C@H]1CC[C@]13C[C@H](CC[C@@H]12)[C@H](C)C3. The van der Waals surface area contributed by atoms with Gasteiger partial charge in [-0.05, 0) is 85.9 Å². The van der Waals surface area contributed by atoms with E-state index in [4.69, 9.17) is 4.74 Å². The zero-order valence-electron chi connectivity index (χ0n) is 16.2. The molecule has 0 aromatic carbocycles. The average molecular weight is 333 g/mol. The van der Waals surface area contributed by atoms with E-state index in [1.807, 2.05) is 0 Å². The molecule has 0 saturated heterocycles. The predicted molar refractivity (Wildman–Crippen MR) is 96.5 cm³/mol. The number of carbonyl (C=O) groups is 1. The quantitative estimate of drug-likeness (QED) is 0.615. The minimum Gasteiger partial charge on any atom is -0.465 e. The summed E-state index contributed by atoms with van der Waals surface area (Å²) in [5.41, 5.74) is 1.33. The fourth-order valence-electron chi connectivity index (χ4n) is 8.36. The molecule has 2 bridgehead atoms. The van der Waals surface area contributed by atoms with E-state index in [0.29, 0.717) is 17.4 Å². The third-order valence-electron chi connectivity index (χ3n) is 9.20. The standard InChI is InChI=1S/C22H36O2/c1-15-12-22-11-8-18-20(3,14-24-16(2)23)9-5-10-21(18,4)19(22)7-6-17(15)13-22/h15,17-19H,5-14H2,1-4H3/t15-,17+,18+,19-,20+,21+,22+/m1/s1. The van der Waals surface area contributed by atoms with Gasteiger partial charge in [0.25, 0.3) is 0 Å². The third kappa shape index (κ3) is 2.31. The first-order valence-electron chi connectivity index (χ1n) is 10.4. The number of rotatable bonds is 2. The minimum atomic E-state index is -0.110. The van der Waals surface area contributed by atoms with Gasteiger partial charge in [-0.2, -0.15) is 0 Å². The second-order valence-corrected chi connectivity index (χ2v) is 10.5. The molecule has 1 spiro atoms. The van der Waals surface area contributed by atoms with E-state index in [2.05, 4.69) is 20.8 Å². The molecule has 0 N–H and O–H groups in total. The lowest BCUT2D eigenvalue weighted by atomic mass is 9.41. The molecule has 4 aliphatic carbocycles. The molecule has 0 aliphatic heterocycles. The second kappa shape index (κ2) is 5.48. The van der Waals surface area contributed by atoms with Crippen LogP contribution in [0.25, 0.3) is 0 Å². The van der Waals surface area contributed by atoms with E-state index >= 15 is 0 Å². The summed E-state index contributed by atoms with van der Waals surface area (Å²) >= 11 is 0. The van der Waals surface area contributed by atoms with Crippen LogP contribution < -0.4 is 0 Å². The average Bonchev–Trinajstić information content (AvgIpc) is 2.74. The summed E-state index contributed by atoms with van der Waals surface area (Å²) in [6.45, 7) is 9.75. The number of esters is 1. The summed E-state index contributed by atoms with van der Waals surface area (Å²) in [7, 11) is 0. The van der Waals surface area contributed by atoms with E-state index < -0.39 is 0 Å². The van der Waals surface area contributed by atoms with E-state index in [0.717, 1.165) is 23.7 Å². The first-order chi connectivity index (χ1) is 11.3. The molecule has 0 aromatic heterocycles. The highest BCUT2D eigenvalue weighted by atomic mass is 16.5.